The van der Waals surface area contributed by atoms with Crippen molar-refractivity contribution < 1.29 is 13.9 Å². The first-order valence-corrected chi connectivity index (χ1v) is 8.31. The van der Waals surface area contributed by atoms with Crippen LogP contribution in [0, 0.1) is 23.0 Å². The van der Waals surface area contributed by atoms with Crippen LogP contribution in [0.25, 0.3) is 16.6 Å². The molecule has 1 N–H and O–H groups in total. The predicted molar refractivity (Wildman–Crippen MR) is 93.0 cm³/mol. The summed E-state index contributed by atoms with van der Waals surface area (Å²) in [6.45, 7) is 0. The van der Waals surface area contributed by atoms with Gasteiger partial charge in [-0.2, -0.15) is 5.26 Å². The molecule has 1 aromatic heterocycles. The van der Waals surface area contributed by atoms with Gasteiger partial charge in [-0.1, -0.05) is 12.1 Å². The summed E-state index contributed by atoms with van der Waals surface area (Å²) in [6, 6.07) is 12.9. The predicted octanol–water partition coefficient (Wildman–Crippen LogP) is 4.44. The quantitative estimate of drug-likeness (QED) is 0.426. The van der Waals surface area contributed by atoms with E-state index >= 15 is 0 Å². The van der Waals surface area contributed by atoms with E-state index < -0.39 is 11.6 Å². The molecule has 4 nitrogen and oxygen atoms in total. The molecule has 25 heavy (non-hydrogen) atoms. The Kier molecular flexibility index (Phi) is 4.72. The molecule has 3 aromatic rings. The molecule has 3 rings (SSSR count). The van der Waals surface area contributed by atoms with Crippen LogP contribution in [0.4, 0.5) is 8.78 Å². The number of benzene rings is 2. The van der Waals surface area contributed by atoms with E-state index in [-0.39, 0.29) is 17.1 Å². The third kappa shape index (κ3) is 3.35. The fourth-order valence-electron chi connectivity index (χ4n) is 2.40. The number of thioether (sulfide) groups is 1. The van der Waals surface area contributed by atoms with Crippen LogP contribution in [0.2, 0.25) is 0 Å². The fraction of sp³-hybridized carbons (Fsp3) is 0.111. The van der Waals surface area contributed by atoms with Gasteiger partial charge in [0.25, 0.3) is 0 Å². The highest BCUT2D eigenvalue weighted by molar-refractivity contribution is 7.99. The molecule has 0 radical (unpaired) electrons. The molecule has 7 heteroatoms. The number of allylic oxidation sites excluding steroid dienone is 1. The van der Waals surface area contributed by atoms with Gasteiger partial charge in [-0.25, -0.2) is 13.8 Å². The SMILES string of the molecule is Cn1c(/C(C#N)=C(\O)CSc2ccc(F)c(F)c2)nc2ccccc21. The van der Waals surface area contributed by atoms with Crippen LogP contribution in [0.1, 0.15) is 5.82 Å². The number of imidazole rings is 1. The van der Waals surface area contributed by atoms with E-state index in [9.17, 15) is 19.1 Å². The number of aliphatic hydroxyl groups is 1. The Hall–Kier alpha value is -2.85. The maximum absolute atomic E-state index is 13.2. The van der Waals surface area contributed by atoms with E-state index in [1.165, 1.54) is 6.07 Å². The minimum Gasteiger partial charge on any atom is -0.510 e. The van der Waals surface area contributed by atoms with Crippen LogP contribution in [-0.4, -0.2) is 20.4 Å². The molecule has 0 amide bonds. The molecule has 0 fully saturated rings. The summed E-state index contributed by atoms with van der Waals surface area (Å²) in [7, 11) is 1.76. The number of rotatable bonds is 4. The summed E-state index contributed by atoms with van der Waals surface area (Å²) in [5, 5.41) is 19.7. The zero-order valence-electron chi connectivity index (χ0n) is 13.2. The molecule has 2 aromatic carbocycles. The zero-order chi connectivity index (χ0) is 18.0. The van der Waals surface area contributed by atoms with Crippen LogP contribution in [0.5, 0.6) is 0 Å². The third-order valence-electron chi connectivity index (χ3n) is 3.68. The molecule has 0 bridgehead atoms. The van der Waals surface area contributed by atoms with Crippen molar-refractivity contribution in [1.82, 2.24) is 9.55 Å². The van der Waals surface area contributed by atoms with Gasteiger partial charge in [0.2, 0.25) is 0 Å². The minimum atomic E-state index is -0.954. The molecule has 0 saturated heterocycles. The van der Waals surface area contributed by atoms with E-state index in [0.717, 1.165) is 29.4 Å². The Morgan fingerprint density at radius 3 is 2.68 bits per heavy atom. The molecule has 0 aliphatic rings. The van der Waals surface area contributed by atoms with Gasteiger partial charge in [0.15, 0.2) is 17.5 Å². The van der Waals surface area contributed by atoms with Crippen LogP contribution in [0.15, 0.2) is 53.1 Å². The third-order valence-corrected chi connectivity index (χ3v) is 4.68. The van der Waals surface area contributed by atoms with Crippen LogP contribution in [-0.2, 0) is 7.05 Å². The summed E-state index contributed by atoms with van der Waals surface area (Å²) < 4.78 is 27.9. The molecule has 0 atom stereocenters. The Morgan fingerprint density at radius 2 is 2.00 bits per heavy atom. The van der Waals surface area contributed by atoms with Gasteiger partial charge in [0.05, 0.1) is 16.8 Å². The highest BCUT2D eigenvalue weighted by Gasteiger charge is 2.16. The topological polar surface area (TPSA) is 61.8 Å². The second-order valence-corrected chi connectivity index (χ2v) is 6.33. The molecule has 0 unspecified atom stereocenters. The van der Waals surface area contributed by atoms with Crippen molar-refractivity contribution in [3.8, 4) is 6.07 Å². The smallest absolute Gasteiger partial charge is 0.159 e. The highest BCUT2D eigenvalue weighted by atomic mass is 32.2. The molecular weight excluding hydrogens is 344 g/mol. The number of hydrogen-bond acceptors (Lipinski definition) is 4. The second-order valence-electron chi connectivity index (χ2n) is 5.28. The lowest BCUT2D eigenvalue weighted by Gasteiger charge is -2.06. The minimum absolute atomic E-state index is 0.0389. The summed E-state index contributed by atoms with van der Waals surface area (Å²) in [5.41, 5.74) is 1.61. The first kappa shape index (κ1) is 17.0. The number of aliphatic hydroxyl groups excluding tert-OH is 1. The van der Waals surface area contributed by atoms with Crippen molar-refractivity contribution in [1.29, 1.82) is 5.26 Å². The number of nitriles is 1. The summed E-state index contributed by atoms with van der Waals surface area (Å²) in [5.74, 6) is -1.66. The van der Waals surface area contributed by atoms with Gasteiger partial charge < -0.3 is 9.67 Å². The number of nitrogens with zero attached hydrogens (tertiary/aromatic N) is 3. The van der Waals surface area contributed by atoms with Crippen molar-refractivity contribution in [2.45, 2.75) is 4.90 Å². The molecule has 0 aliphatic carbocycles. The van der Waals surface area contributed by atoms with Gasteiger partial charge in [-0.15, -0.1) is 11.8 Å². The standard InChI is InChI=1S/C18H13F2N3OS/c1-23-16-5-3-2-4-15(16)22-18(23)12(9-21)17(24)10-25-11-6-7-13(19)14(20)8-11/h2-8,24H,10H2,1H3/b17-12-. The molecule has 0 saturated carbocycles. The van der Waals surface area contributed by atoms with E-state index in [2.05, 4.69) is 4.98 Å². The highest BCUT2D eigenvalue weighted by Crippen LogP contribution is 2.26. The zero-order valence-corrected chi connectivity index (χ0v) is 14.0. The van der Waals surface area contributed by atoms with E-state index in [0.29, 0.717) is 16.2 Å². The Bertz CT molecular complexity index is 1020. The van der Waals surface area contributed by atoms with Gasteiger partial charge in [0, 0.05) is 11.9 Å². The summed E-state index contributed by atoms with van der Waals surface area (Å²) in [6.07, 6.45) is 0. The summed E-state index contributed by atoms with van der Waals surface area (Å²) in [4.78, 5) is 4.84. The van der Waals surface area contributed by atoms with Crippen molar-refractivity contribution in [3.63, 3.8) is 0 Å². The van der Waals surface area contributed by atoms with Gasteiger partial charge >= 0.3 is 0 Å². The molecule has 0 aliphatic heterocycles. The Labute approximate surface area is 147 Å². The van der Waals surface area contributed by atoms with Gasteiger partial charge in [0.1, 0.15) is 17.4 Å². The van der Waals surface area contributed by atoms with Crippen LogP contribution in [0.3, 0.4) is 0 Å². The van der Waals surface area contributed by atoms with E-state index in [1.807, 2.05) is 30.3 Å². The van der Waals surface area contributed by atoms with Crippen LogP contribution >= 0.6 is 11.8 Å². The molecule has 0 spiro atoms. The van der Waals surface area contributed by atoms with Crippen molar-refractivity contribution in [2.24, 2.45) is 7.05 Å². The Balaban J connectivity index is 1.90. The maximum atomic E-state index is 13.2. The van der Waals surface area contributed by atoms with E-state index in [1.54, 1.807) is 11.6 Å². The number of aromatic nitrogens is 2. The first-order chi connectivity index (χ1) is 12.0. The molecular formula is C18H13F2N3OS. The second kappa shape index (κ2) is 6.95. The normalized spacial score (nSPS) is 12.1. The summed E-state index contributed by atoms with van der Waals surface area (Å²) >= 11 is 1.10. The average molecular weight is 357 g/mol. The lowest BCUT2D eigenvalue weighted by Crippen LogP contribution is -2.00. The largest absolute Gasteiger partial charge is 0.510 e. The number of hydrogen-bond donors (Lipinski definition) is 1. The van der Waals surface area contributed by atoms with Crippen molar-refractivity contribution >= 4 is 28.4 Å². The average Bonchev–Trinajstić information content (AvgIpc) is 2.94. The number of halogens is 2. The van der Waals surface area contributed by atoms with Crippen LogP contribution < -0.4 is 0 Å². The monoisotopic (exact) mass is 357 g/mol. The number of fused-ring (bicyclic) bond motifs is 1. The number of para-hydroxylation sites is 2. The molecule has 126 valence electrons. The lowest BCUT2D eigenvalue weighted by molar-refractivity contribution is 0.420. The first-order valence-electron chi connectivity index (χ1n) is 7.33. The van der Waals surface area contributed by atoms with E-state index in [4.69, 9.17) is 0 Å². The van der Waals surface area contributed by atoms with Crippen molar-refractivity contribution in [3.05, 3.63) is 65.7 Å². The lowest BCUT2D eigenvalue weighted by atomic mass is 10.2. The van der Waals surface area contributed by atoms with Gasteiger partial charge in [-0.05, 0) is 30.3 Å². The maximum Gasteiger partial charge on any atom is 0.159 e. The Morgan fingerprint density at radius 1 is 1.24 bits per heavy atom. The number of aryl methyl sites for hydroxylation is 1. The van der Waals surface area contributed by atoms with Gasteiger partial charge in [-0.3, -0.25) is 0 Å². The molecule has 1 heterocycles. The fourth-order valence-corrected chi connectivity index (χ4v) is 3.20. The van der Waals surface area contributed by atoms with Crippen molar-refractivity contribution in [2.75, 3.05) is 5.75 Å².